The molecule has 0 saturated heterocycles. The molecule has 0 bridgehead atoms. The van der Waals surface area contributed by atoms with E-state index in [2.05, 4.69) is 6.07 Å². The summed E-state index contributed by atoms with van der Waals surface area (Å²) in [6.45, 7) is 0. The molecule has 1 aromatic carbocycles. The summed E-state index contributed by atoms with van der Waals surface area (Å²) in [4.78, 5) is 1.94. The Labute approximate surface area is 78.2 Å². The molecule has 3 heteroatoms. The Morgan fingerprint density at radius 3 is 2.54 bits per heavy atom. The van der Waals surface area contributed by atoms with E-state index in [9.17, 15) is 0 Å². The van der Waals surface area contributed by atoms with E-state index < -0.39 is 0 Å². The van der Waals surface area contributed by atoms with Crippen molar-refractivity contribution in [3.63, 3.8) is 0 Å². The maximum Gasteiger partial charge on any atom is 0.143 e. The quantitative estimate of drug-likeness (QED) is 0.687. The largest absolute Gasteiger partial charge is 0.495 e. The normalized spacial score (nSPS) is 9.08. The lowest BCUT2D eigenvalue weighted by Gasteiger charge is -2.16. The first kappa shape index (κ1) is 9.40. The van der Waals surface area contributed by atoms with Crippen LogP contribution in [0.2, 0.25) is 0 Å². The van der Waals surface area contributed by atoms with Gasteiger partial charge in [0.25, 0.3) is 0 Å². The molecule has 0 unspecified atom stereocenters. The Bertz CT molecular complexity index is 339. The van der Waals surface area contributed by atoms with E-state index in [1.807, 2.05) is 25.1 Å². The van der Waals surface area contributed by atoms with Crippen molar-refractivity contribution >= 4 is 5.69 Å². The fourth-order valence-electron chi connectivity index (χ4n) is 1.12. The van der Waals surface area contributed by atoms with Crippen molar-refractivity contribution in [1.29, 1.82) is 5.26 Å². The topological polar surface area (TPSA) is 36.3 Å². The molecule has 0 radical (unpaired) electrons. The number of benzene rings is 1. The molecule has 0 saturated carbocycles. The first-order valence-electron chi connectivity index (χ1n) is 3.94. The van der Waals surface area contributed by atoms with Crippen molar-refractivity contribution in [2.24, 2.45) is 0 Å². The van der Waals surface area contributed by atoms with E-state index in [-0.39, 0.29) is 0 Å². The first-order chi connectivity index (χ1) is 6.19. The lowest BCUT2D eigenvalue weighted by Crippen LogP contribution is -2.10. The highest BCUT2D eigenvalue weighted by Crippen LogP contribution is 2.27. The fraction of sp³-hybridized carbons (Fsp3) is 0.300. The van der Waals surface area contributed by atoms with E-state index in [1.54, 1.807) is 19.2 Å². The molecule has 0 atom stereocenters. The SMILES string of the molecule is COc1cc(C#N)ccc1N(C)C. The number of nitriles is 1. The van der Waals surface area contributed by atoms with Crippen LogP contribution in [-0.2, 0) is 0 Å². The molecule has 0 aromatic heterocycles. The highest BCUT2D eigenvalue weighted by Gasteiger charge is 2.05. The van der Waals surface area contributed by atoms with Crippen LogP contribution in [0.3, 0.4) is 0 Å². The van der Waals surface area contributed by atoms with Crippen molar-refractivity contribution in [3.05, 3.63) is 23.8 Å². The van der Waals surface area contributed by atoms with Crippen LogP contribution in [-0.4, -0.2) is 21.2 Å². The van der Waals surface area contributed by atoms with E-state index in [0.29, 0.717) is 5.56 Å². The average molecular weight is 176 g/mol. The second-order valence-corrected chi connectivity index (χ2v) is 2.89. The Morgan fingerprint density at radius 2 is 2.08 bits per heavy atom. The first-order valence-corrected chi connectivity index (χ1v) is 3.94. The van der Waals surface area contributed by atoms with Gasteiger partial charge in [0, 0.05) is 20.2 Å². The lowest BCUT2D eigenvalue weighted by atomic mass is 10.2. The van der Waals surface area contributed by atoms with Gasteiger partial charge < -0.3 is 9.64 Å². The van der Waals surface area contributed by atoms with Gasteiger partial charge >= 0.3 is 0 Å². The van der Waals surface area contributed by atoms with Crippen molar-refractivity contribution < 1.29 is 4.74 Å². The van der Waals surface area contributed by atoms with Crippen LogP contribution in [0.15, 0.2) is 18.2 Å². The predicted molar refractivity (Wildman–Crippen MR) is 52.0 cm³/mol. The summed E-state index contributed by atoms with van der Waals surface area (Å²) in [7, 11) is 5.47. The summed E-state index contributed by atoms with van der Waals surface area (Å²) < 4.78 is 5.16. The average Bonchev–Trinajstić information content (AvgIpc) is 2.16. The molecule has 0 spiro atoms. The van der Waals surface area contributed by atoms with Crippen LogP contribution in [0.25, 0.3) is 0 Å². The molecule has 1 aromatic rings. The van der Waals surface area contributed by atoms with Crippen molar-refractivity contribution in [2.75, 3.05) is 26.1 Å². The minimum Gasteiger partial charge on any atom is -0.495 e. The van der Waals surface area contributed by atoms with Gasteiger partial charge in [-0.15, -0.1) is 0 Å². The molecule has 1 rings (SSSR count). The third-order valence-electron chi connectivity index (χ3n) is 1.79. The van der Waals surface area contributed by atoms with Gasteiger partial charge in [-0.1, -0.05) is 0 Å². The van der Waals surface area contributed by atoms with Crippen molar-refractivity contribution in [3.8, 4) is 11.8 Å². The summed E-state index contributed by atoms with van der Waals surface area (Å²) in [6, 6.07) is 7.45. The molecule has 0 aliphatic heterocycles. The van der Waals surface area contributed by atoms with Gasteiger partial charge in [-0.2, -0.15) is 5.26 Å². The van der Waals surface area contributed by atoms with Crippen LogP contribution in [0.4, 0.5) is 5.69 Å². The number of hydrogen-bond acceptors (Lipinski definition) is 3. The number of rotatable bonds is 2. The summed E-state index contributed by atoms with van der Waals surface area (Å²) >= 11 is 0. The van der Waals surface area contributed by atoms with Gasteiger partial charge in [0.15, 0.2) is 0 Å². The third kappa shape index (κ3) is 1.91. The molecule has 13 heavy (non-hydrogen) atoms. The molecule has 0 N–H and O–H groups in total. The second-order valence-electron chi connectivity index (χ2n) is 2.89. The summed E-state index contributed by atoms with van der Waals surface area (Å²) in [5, 5.41) is 8.67. The molecule has 0 amide bonds. The van der Waals surface area contributed by atoms with Gasteiger partial charge in [-0.25, -0.2) is 0 Å². The Hall–Kier alpha value is -1.69. The lowest BCUT2D eigenvalue weighted by molar-refractivity contribution is 0.415. The number of methoxy groups -OCH3 is 1. The molecule has 0 fully saturated rings. The summed E-state index contributed by atoms with van der Waals surface area (Å²) in [5.74, 6) is 0.726. The molecule has 3 nitrogen and oxygen atoms in total. The fourth-order valence-corrected chi connectivity index (χ4v) is 1.12. The highest BCUT2D eigenvalue weighted by molar-refractivity contribution is 5.60. The van der Waals surface area contributed by atoms with Gasteiger partial charge in [-0.05, 0) is 12.1 Å². The van der Waals surface area contributed by atoms with Crippen LogP contribution >= 0.6 is 0 Å². The minimum absolute atomic E-state index is 0.613. The zero-order valence-corrected chi connectivity index (χ0v) is 8.03. The number of nitrogens with zero attached hydrogens (tertiary/aromatic N) is 2. The Balaban J connectivity index is 3.17. The van der Waals surface area contributed by atoms with E-state index in [1.165, 1.54) is 0 Å². The van der Waals surface area contributed by atoms with Crippen LogP contribution < -0.4 is 9.64 Å². The van der Waals surface area contributed by atoms with Gasteiger partial charge in [0.05, 0.1) is 24.4 Å². The molecular weight excluding hydrogens is 164 g/mol. The highest BCUT2D eigenvalue weighted by atomic mass is 16.5. The molecule has 0 heterocycles. The third-order valence-corrected chi connectivity index (χ3v) is 1.79. The summed E-state index contributed by atoms with van der Waals surface area (Å²) in [6.07, 6.45) is 0. The summed E-state index contributed by atoms with van der Waals surface area (Å²) in [5.41, 5.74) is 1.59. The number of hydrogen-bond donors (Lipinski definition) is 0. The maximum absolute atomic E-state index is 8.67. The maximum atomic E-state index is 8.67. The standard InChI is InChI=1S/C10H12N2O/c1-12(2)9-5-4-8(7-11)6-10(9)13-3/h4-6H,1-3H3. The number of ether oxygens (including phenoxy) is 1. The van der Waals surface area contributed by atoms with E-state index in [4.69, 9.17) is 10.00 Å². The number of anilines is 1. The Morgan fingerprint density at radius 1 is 1.38 bits per heavy atom. The predicted octanol–water partition coefficient (Wildman–Crippen LogP) is 1.63. The minimum atomic E-state index is 0.613. The molecule has 68 valence electrons. The van der Waals surface area contributed by atoms with Crippen molar-refractivity contribution in [1.82, 2.24) is 0 Å². The van der Waals surface area contributed by atoms with Crippen LogP contribution in [0.1, 0.15) is 5.56 Å². The Kier molecular flexibility index (Phi) is 2.76. The van der Waals surface area contributed by atoms with Crippen LogP contribution in [0.5, 0.6) is 5.75 Å². The zero-order valence-electron chi connectivity index (χ0n) is 8.03. The van der Waals surface area contributed by atoms with Gasteiger partial charge in [0.1, 0.15) is 5.75 Å². The second kappa shape index (κ2) is 3.81. The van der Waals surface area contributed by atoms with E-state index in [0.717, 1.165) is 11.4 Å². The van der Waals surface area contributed by atoms with Gasteiger partial charge in [0.2, 0.25) is 0 Å². The molecule has 0 aliphatic rings. The van der Waals surface area contributed by atoms with E-state index >= 15 is 0 Å². The smallest absolute Gasteiger partial charge is 0.143 e. The monoisotopic (exact) mass is 176 g/mol. The molecule has 0 aliphatic carbocycles. The zero-order chi connectivity index (χ0) is 9.84. The van der Waals surface area contributed by atoms with Crippen LogP contribution in [0, 0.1) is 11.3 Å². The van der Waals surface area contributed by atoms with Gasteiger partial charge in [-0.3, -0.25) is 0 Å². The molecular formula is C10H12N2O. The van der Waals surface area contributed by atoms with Crippen molar-refractivity contribution in [2.45, 2.75) is 0 Å².